The van der Waals surface area contributed by atoms with E-state index in [4.69, 9.17) is 16.3 Å². The summed E-state index contributed by atoms with van der Waals surface area (Å²) in [6.45, 7) is 3.06. The molecule has 130 valence electrons. The molecule has 0 amide bonds. The highest BCUT2D eigenvalue weighted by molar-refractivity contribution is 6.30. The van der Waals surface area contributed by atoms with Crippen LogP contribution in [0.15, 0.2) is 48.5 Å². The lowest BCUT2D eigenvalue weighted by molar-refractivity contribution is 0.252. The molecule has 0 saturated carbocycles. The summed E-state index contributed by atoms with van der Waals surface area (Å²) in [5.41, 5.74) is 2.43. The number of nitrogens with one attached hydrogen (secondary N) is 1. The Morgan fingerprint density at radius 1 is 1.12 bits per heavy atom. The Morgan fingerprint density at radius 3 is 2.71 bits per heavy atom. The van der Waals surface area contributed by atoms with Crippen LogP contribution < -0.4 is 10.1 Å². The Balaban J connectivity index is 0.00000208. The third kappa shape index (κ3) is 5.70. The van der Waals surface area contributed by atoms with E-state index < -0.39 is 0 Å². The monoisotopic (exact) mass is 365 g/mol. The van der Waals surface area contributed by atoms with Crippen molar-refractivity contribution in [2.24, 2.45) is 5.92 Å². The summed E-state index contributed by atoms with van der Waals surface area (Å²) in [5.74, 6) is 1.70. The molecule has 1 saturated heterocycles. The van der Waals surface area contributed by atoms with Gasteiger partial charge in [0.25, 0.3) is 0 Å². The summed E-state index contributed by atoms with van der Waals surface area (Å²) < 4.78 is 6.08. The van der Waals surface area contributed by atoms with Crippen LogP contribution in [0.2, 0.25) is 5.02 Å². The minimum atomic E-state index is 0. The van der Waals surface area contributed by atoms with Crippen LogP contribution in [0.1, 0.15) is 30.4 Å². The van der Waals surface area contributed by atoms with Crippen LogP contribution in [0.4, 0.5) is 0 Å². The fourth-order valence-corrected chi connectivity index (χ4v) is 3.34. The number of hydrogen-bond acceptors (Lipinski definition) is 2. The molecule has 2 aromatic rings. The molecule has 0 aliphatic carbocycles. The number of ether oxygens (including phenoxy) is 1. The fourth-order valence-electron chi connectivity index (χ4n) is 3.15. The summed E-state index contributed by atoms with van der Waals surface area (Å²) in [4.78, 5) is 0. The topological polar surface area (TPSA) is 21.3 Å². The minimum absolute atomic E-state index is 0. The van der Waals surface area contributed by atoms with Crippen LogP contribution in [0.3, 0.4) is 0 Å². The van der Waals surface area contributed by atoms with E-state index in [2.05, 4.69) is 29.6 Å². The molecule has 1 unspecified atom stereocenters. The van der Waals surface area contributed by atoms with E-state index in [0.717, 1.165) is 54.8 Å². The van der Waals surface area contributed by atoms with E-state index >= 15 is 0 Å². The van der Waals surface area contributed by atoms with Gasteiger partial charge in [-0.15, -0.1) is 12.4 Å². The summed E-state index contributed by atoms with van der Waals surface area (Å²) in [7, 11) is 0. The van der Waals surface area contributed by atoms with E-state index in [0.29, 0.717) is 0 Å². The van der Waals surface area contributed by atoms with Crippen molar-refractivity contribution in [3.63, 3.8) is 0 Å². The zero-order valence-corrected chi connectivity index (χ0v) is 15.4. The van der Waals surface area contributed by atoms with Gasteiger partial charge in [-0.25, -0.2) is 0 Å². The number of rotatable bonds is 6. The number of halogens is 2. The molecule has 2 aromatic carbocycles. The van der Waals surface area contributed by atoms with E-state index in [1.54, 1.807) is 0 Å². The maximum absolute atomic E-state index is 6.18. The Bertz CT molecular complexity index is 612. The lowest BCUT2D eigenvalue weighted by Gasteiger charge is -2.23. The molecule has 24 heavy (non-hydrogen) atoms. The van der Waals surface area contributed by atoms with Crippen molar-refractivity contribution in [2.75, 3.05) is 19.7 Å². The SMILES string of the molecule is Cl.Clc1ccc(OCCC2CCCNC2)c(Cc2ccccc2)c1. The summed E-state index contributed by atoms with van der Waals surface area (Å²) in [6.07, 6.45) is 4.56. The van der Waals surface area contributed by atoms with E-state index in [1.807, 2.05) is 24.3 Å². The second kappa shape index (κ2) is 9.93. The summed E-state index contributed by atoms with van der Waals surface area (Å²) in [6, 6.07) is 16.4. The zero-order valence-electron chi connectivity index (χ0n) is 13.8. The quantitative estimate of drug-likeness (QED) is 0.766. The normalized spacial score (nSPS) is 17.1. The highest BCUT2D eigenvalue weighted by Gasteiger charge is 2.13. The van der Waals surface area contributed by atoms with E-state index in [1.165, 1.54) is 18.4 Å². The average molecular weight is 366 g/mol. The molecule has 0 bridgehead atoms. The molecule has 4 heteroatoms. The Kier molecular flexibility index (Phi) is 7.90. The molecule has 1 heterocycles. The molecule has 1 atom stereocenters. The second-order valence-corrected chi connectivity index (χ2v) is 6.70. The lowest BCUT2D eigenvalue weighted by atomic mass is 9.97. The fraction of sp³-hybridized carbons (Fsp3) is 0.400. The van der Waals surface area contributed by atoms with Gasteiger partial charge in [0.1, 0.15) is 5.75 Å². The van der Waals surface area contributed by atoms with Gasteiger partial charge in [0.15, 0.2) is 0 Å². The highest BCUT2D eigenvalue weighted by Crippen LogP contribution is 2.26. The molecular formula is C20H25Cl2NO. The van der Waals surface area contributed by atoms with Crippen molar-refractivity contribution < 1.29 is 4.74 Å². The first kappa shape index (κ1) is 19.1. The molecule has 1 aliphatic heterocycles. The minimum Gasteiger partial charge on any atom is -0.493 e. The maximum atomic E-state index is 6.18. The van der Waals surface area contributed by atoms with Crippen LogP contribution in [-0.4, -0.2) is 19.7 Å². The smallest absolute Gasteiger partial charge is 0.122 e. The Hall–Kier alpha value is -1.22. The Morgan fingerprint density at radius 2 is 1.96 bits per heavy atom. The number of benzene rings is 2. The molecule has 0 spiro atoms. The van der Waals surface area contributed by atoms with Crippen LogP contribution in [-0.2, 0) is 6.42 Å². The molecule has 3 rings (SSSR count). The Labute approximate surface area is 156 Å². The van der Waals surface area contributed by atoms with Gasteiger partial charge in [0.05, 0.1) is 6.61 Å². The van der Waals surface area contributed by atoms with Gasteiger partial charge in [-0.2, -0.15) is 0 Å². The van der Waals surface area contributed by atoms with Gasteiger partial charge < -0.3 is 10.1 Å². The van der Waals surface area contributed by atoms with Crippen LogP contribution >= 0.6 is 24.0 Å². The van der Waals surface area contributed by atoms with Crippen LogP contribution in [0.25, 0.3) is 0 Å². The van der Waals surface area contributed by atoms with Gasteiger partial charge in [-0.3, -0.25) is 0 Å². The standard InChI is InChI=1S/C20H24ClNO.ClH/c21-19-8-9-20(23-12-10-17-7-4-11-22-15-17)18(14-19)13-16-5-2-1-3-6-16;/h1-3,5-6,8-9,14,17,22H,4,7,10-13,15H2;1H. The number of hydrogen-bond donors (Lipinski definition) is 1. The molecule has 1 N–H and O–H groups in total. The largest absolute Gasteiger partial charge is 0.493 e. The summed E-state index contributed by atoms with van der Waals surface area (Å²) in [5, 5.41) is 4.23. The van der Waals surface area contributed by atoms with E-state index in [-0.39, 0.29) is 12.4 Å². The summed E-state index contributed by atoms with van der Waals surface area (Å²) >= 11 is 6.18. The third-order valence-electron chi connectivity index (χ3n) is 4.44. The third-order valence-corrected chi connectivity index (χ3v) is 4.68. The van der Waals surface area contributed by atoms with Crippen molar-refractivity contribution in [1.82, 2.24) is 5.32 Å². The molecule has 0 aromatic heterocycles. The van der Waals surface area contributed by atoms with E-state index in [9.17, 15) is 0 Å². The molecule has 1 fully saturated rings. The first-order valence-electron chi connectivity index (χ1n) is 8.47. The van der Waals surface area contributed by atoms with Crippen molar-refractivity contribution in [2.45, 2.75) is 25.7 Å². The van der Waals surface area contributed by atoms with Crippen LogP contribution in [0, 0.1) is 5.92 Å². The van der Waals surface area contributed by atoms with Gasteiger partial charge in [0, 0.05) is 11.4 Å². The predicted octanol–water partition coefficient (Wildman–Crippen LogP) is 5.12. The van der Waals surface area contributed by atoms with Crippen molar-refractivity contribution in [3.8, 4) is 5.75 Å². The molecule has 1 aliphatic rings. The van der Waals surface area contributed by atoms with Gasteiger partial charge in [-0.1, -0.05) is 41.9 Å². The zero-order chi connectivity index (χ0) is 15.9. The molecule has 0 radical (unpaired) electrons. The highest BCUT2D eigenvalue weighted by atomic mass is 35.5. The first-order chi connectivity index (χ1) is 11.3. The lowest BCUT2D eigenvalue weighted by Crippen LogP contribution is -2.30. The van der Waals surface area contributed by atoms with Gasteiger partial charge >= 0.3 is 0 Å². The van der Waals surface area contributed by atoms with Gasteiger partial charge in [-0.05, 0) is 67.6 Å². The first-order valence-corrected chi connectivity index (χ1v) is 8.85. The van der Waals surface area contributed by atoms with Crippen molar-refractivity contribution >= 4 is 24.0 Å². The van der Waals surface area contributed by atoms with Crippen molar-refractivity contribution in [1.29, 1.82) is 0 Å². The van der Waals surface area contributed by atoms with Crippen molar-refractivity contribution in [3.05, 3.63) is 64.7 Å². The van der Waals surface area contributed by atoms with Crippen LogP contribution in [0.5, 0.6) is 5.75 Å². The molecule has 2 nitrogen and oxygen atoms in total. The van der Waals surface area contributed by atoms with Gasteiger partial charge in [0.2, 0.25) is 0 Å². The predicted molar refractivity (Wildman–Crippen MR) is 104 cm³/mol. The average Bonchev–Trinajstić information content (AvgIpc) is 2.59. The molecular weight excluding hydrogens is 341 g/mol. The number of piperidine rings is 1. The second-order valence-electron chi connectivity index (χ2n) is 6.26. The maximum Gasteiger partial charge on any atom is 0.122 e.